The summed E-state index contributed by atoms with van der Waals surface area (Å²) in [6.45, 7) is 15.7. The molecule has 0 unspecified atom stereocenters. The monoisotopic (exact) mass is 241 g/mol. The van der Waals surface area contributed by atoms with E-state index >= 15 is 0 Å². The van der Waals surface area contributed by atoms with Crippen LogP contribution in [-0.4, -0.2) is 6.21 Å². The van der Waals surface area contributed by atoms with Gasteiger partial charge in [0.2, 0.25) is 0 Å². The summed E-state index contributed by atoms with van der Waals surface area (Å²) in [7, 11) is 0. The Kier molecular flexibility index (Phi) is 7.37. The van der Waals surface area contributed by atoms with Gasteiger partial charge in [0, 0.05) is 6.21 Å². The summed E-state index contributed by atoms with van der Waals surface area (Å²) in [6.07, 6.45) is 11.0. The smallest absolute Gasteiger partial charge is 0.0249 e. The summed E-state index contributed by atoms with van der Waals surface area (Å²) < 4.78 is 0. The van der Waals surface area contributed by atoms with E-state index in [1.165, 1.54) is 6.21 Å². The van der Waals surface area contributed by atoms with E-state index < -0.39 is 0 Å². The van der Waals surface area contributed by atoms with Gasteiger partial charge in [-0.25, -0.2) is 0 Å². The molecule has 0 aromatic carbocycles. The van der Waals surface area contributed by atoms with Crippen LogP contribution in [0.4, 0.5) is 0 Å². The van der Waals surface area contributed by atoms with E-state index in [4.69, 9.17) is 5.41 Å². The molecule has 0 aromatic rings. The number of hydrogen-bond acceptors (Lipinski definition) is 1. The van der Waals surface area contributed by atoms with Gasteiger partial charge in [0.05, 0.1) is 0 Å². The molecule has 0 aromatic heterocycles. The molecule has 0 rings (SSSR count). The zero-order chi connectivity index (χ0) is 14.1. The van der Waals surface area contributed by atoms with E-state index in [1.54, 1.807) is 6.08 Å². The Hall–Kier alpha value is -1.89. The number of hydrogen-bond donors (Lipinski definition) is 1. The highest BCUT2D eigenvalue weighted by Gasteiger charge is 1.97. The zero-order valence-electron chi connectivity index (χ0n) is 11.9. The summed E-state index contributed by atoms with van der Waals surface area (Å²) in [5, 5.41) is 7.36. The van der Waals surface area contributed by atoms with Gasteiger partial charge in [-0.1, -0.05) is 54.7 Å². The quantitative estimate of drug-likeness (QED) is 0.490. The minimum Gasteiger partial charge on any atom is -0.308 e. The topological polar surface area (TPSA) is 23.9 Å². The van der Waals surface area contributed by atoms with Crippen molar-refractivity contribution in [3.05, 3.63) is 71.4 Å². The molecule has 0 aliphatic rings. The molecule has 0 aliphatic heterocycles. The summed E-state index contributed by atoms with van der Waals surface area (Å²) in [5.41, 5.74) is 5.22. The fraction of sp³-hybridized carbons (Fsp3) is 0.235. The SMILES string of the molecule is C=C/C=C\C(C)=C/C(=C)/C(C)=C/C(C=N)=C(C)C. The van der Waals surface area contributed by atoms with Crippen molar-refractivity contribution >= 4 is 6.21 Å². The van der Waals surface area contributed by atoms with Gasteiger partial charge in [0.1, 0.15) is 0 Å². The Morgan fingerprint density at radius 3 is 2.11 bits per heavy atom. The van der Waals surface area contributed by atoms with Crippen LogP contribution in [0.3, 0.4) is 0 Å². The molecule has 0 spiro atoms. The molecule has 1 N–H and O–H groups in total. The highest BCUT2D eigenvalue weighted by molar-refractivity contribution is 5.81. The van der Waals surface area contributed by atoms with Gasteiger partial charge in [-0.05, 0) is 44.4 Å². The molecule has 0 fully saturated rings. The van der Waals surface area contributed by atoms with Crippen LogP contribution in [0.5, 0.6) is 0 Å². The van der Waals surface area contributed by atoms with Crippen LogP contribution in [0.15, 0.2) is 71.4 Å². The van der Waals surface area contributed by atoms with Crippen LogP contribution in [0, 0.1) is 5.41 Å². The van der Waals surface area contributed by atoms with Crippen molar-refractivity contribution in [1.82, 2.24) is 0 Å². The van der Waals surface area contributed by atoms with Crippen molar-refractivity contribution in [3.8, 4) is 0 Å². The first-order valence-electron chi connectivity index (χ1n) is 5.95. The third kappa shape index (κ3) is 6.00. The van der Waals surface area contributed by atoms with Crippen LogP contribution in [0.2, 0.25) is 0 Å². The molecule has 0 atom stereocenters. The number of nitrogens with one attached hydrogen (secondary N) is 1. The van der Waals surface area contributed by atoms with Gasteiger partial charge in [-0.15, -0.1) is 0 Å². The second-order valence-electron chi connectivity index (χ2n) is 4.44. The van der Waals surface area contributed by atoms with Gasteiger partial charge < -0.3 is 5.41 Å². The van der Waals surface area contributed by atoms with Crippen LogP contribution < -0.4 is 0 Å². The first-order chi connectivity index (χ1) is 8.42. The minimum atomic E-state index is 0.932. The molecule has 1 heteroatoms. The molecule has 96 valence electrons. The lowest BCUT2D eigenvalue weighted by Crippen LogP contribution is -1.87. The molecule has 18 heavy (non-hydrogen) atoms. The van der Waals surface area contributed by atoms with Crippen molar-refractivity contribution in [2.24, 2.45) is 0 Å². The highest BCUT2D eigenvalue weighted by atomic mass is 14.3. The van der Waals surface area contributed by atoms with Crippen LogP contribution >= 0.6 is 0 Å². The fourth-order valence-corrected chi connectivity index (χ4v) is 1.31. The van der Waals surface area contributed by atoms with Crippen LogP contribution in [0.1, 0.15) is 27.7 Å². The molecule has 0 aliphatic carbocycles. The fourth-order valence-electron chi connectivity index (χ4n) is 1.31. The Morgan fingerprint density at radius 2 is 1.67 bits per heavy atom. The molecule has 0 heterocycles. The molecule has 0 bridgehead atoms. The molecule has 1 nitrogen and oxygen atoms in total. The lowest BCUT2D eigenvalue weighted by Gasteiger charge is -2.04. The predicted octanol–water partition coefficient (Wildman–Crippen LogP) is 5.16. The van der Waals surface area contributed by atoms with Gasteiger partial charge in [0.15, 0.2) is 0 Å². The average molecular weight is 241 g/mol. The lowest BCUT2D eigenvalue weighted by atomic mass is 10.0. The zero-order valence-corrected chi connectivity index (χ0v) is 11.9. The van der Waals surface area contributed by atoms with E-state index in [0.717, 1.165) is 27.9 Å². The Bertz CT molecular complexity index is 450. The average Bonchev–Trinajstić information content (AvgIpc) is 2.32. The van der Waals surface area contributed by atoms with E-state index in [1.807, 2.05) is 52.0 Å². The maximum absolute atomic E-state index is 7.36. The summed E-state index contributed by atoms with van der Waals surface area (Å²) >= 11 is 0. The minimum absolute atomic E-state index is 0.932. The summed E-state index contributed by atoms with van der Waals surface area (Å²) in [5.74, 6) is 0. The normalized spacial score (nSPS) is 12.4. The first-order valence-corrected chi connectivity index (χ1v) is 5.95. The van der Waals surface area contributed by atoms with Crippen LogP contribution in [-0.2, 0) is 0 Å². The highest BCUT2D eigenvalue weighted by Crippen LogP contribution is 2.15. The summed E-state index contributed by atoms with van der Waals surface area (Å²) in [6, 6.07) is 0. The van der Waals surface area contributed by atoms with Crippen molar-refractivity contribution < 1.29 is 0 Å². The lowest BCUT2D eigenvalue weighted by molar-refractivity contribution is 1.33. The Morgan fingerprint density at radius 1 is 1.06 bits per heavy atom. The maximum Gasteiger partial charge on any atom is 0.0249 e. The third-order valence-corrected chi connectivity index (χ3v) is 2.51. The first kappa shape index (κ1) is 16.1. The Balaban J connectivity index is 5.07. The third-order valence-electron chi connectivity index (χ3n) is 2.51. The molecule has 0 saturated carbocycles. The van der Waals surface area contributed by atoms with E-state index in [2.05, 4.69) is 13.2 Å². The van der Waals surface area contributed by atoms with Gasteiger partial charge in [-0.2, -0.15) is 0 Å². The van der Waals surface area contributed by atoms with E-state index in [-0.39, 0.29) is 0 Å². The number of allylic oxidation sites excluding steroid dienone is 10. The molecular weight excluding hydrogens is 218 g/mol. The second-order valence-corrected chi connectivity index (χ2v) is 4.44. The van der Waals surface area contributed by atoms with Crippen molar-refractivity contribution in [2.75, 3.05) is 0 Å². The molecule has 0 saturated heterocycles. The molecule has 0 amide bonds. The van der Waals surface area contributed by atoms with Gasteiger partial charge in [0.25, 0.3) is 0 Å². The van der Waals surface area contributed by atoms with Crippen molar-refractivity contribution in [2.45, 2.75) is 27.7 Å². The van der Waals surface area contributed by atoms with Crippen molar-refractivity contribution in [3.63, 3.8) is 0 Å². The standard InChI is InChI=1S/C17H23N/c1-7-8-9-14(4)10-15(5)16(6)11-17(12-18)13(2)3/h7-12,18H,1,5H2,2-4,6H3/b9-8-,14-10-,16-11+,18-12?. The second kappa shape index (κ2) is 8.24. The molecular formula is C17H23N. The van der Waals surface area contributed by atoms with Gasteiger partial charge >= 0.3 is 0 Å². The number of rotatable bonds is 6. The van der Waals surface area contributed by atoms with E-state index in [0.29, 0.717) is 0 Å². The predicted molar refractivity (Wildman–Crippen MR) is 83.1 cm³/mol. The maximum atomic E-state index is 7.36. The molecule has 0 radical (unpaired) electrons. The Labute approximate surface area is 111 Å². The van der Waals surface area contributed by atoms with E-state index in [9.17, 15) is 0 Å². The largest absolute Gasteiger partial charge is 0.308 e. The van der Waals surface area contributed by atoms with Crippen LogP contribution in [0.25, 0.3) is 0 Å². The van der Waals surface area contributed by atoms with Crippen molar-refractivity contribution in [1.29, 1.82) is 5.41 Å². The summed E-state index contributed by atoms with van der Waals surface area (Å²) in [4.78, 5) is 0. The van der Waals surface area contributed by atoms with Gasteiger partial charge in [-0.3, -0.25) is 0 Å².